The van der Waals surface area contributed by atoms with Crippen LogP contribution in [0.25, 0.3) is 17.1 Å². The van der Waals surface area contributed by atoms with E-state index in [4.69, 9.17) is 4.74 Å². The molecule has 1 saturated heterocycles. The van der Waals surface area contributed by atoms with Crippen LogP contribution < -0.4 is 10.0 Å². The van der Waals surface area contributed by atoms with Gasteiger partial charge in [-0.2, -0.15) is 15.1 Å². The molecule has 1 aromatic carbocycles. The summed E-state index contributed by atoms with van der Waals surface area (Å²) < 4.78 is 40.9. The second-order valence-corrected chi connectivity index (χ2v) is 12.3. The van der Waals surface area contributed by atoms with Gasteiger partial charge in [0, 0.05) is 12.2 Å². The molecule has 5 N–H and O–H groups in total. The van der Waals surface area contributed by atoms with Crippen molar-refractivity contribution in [2.45, 2.75) is 61.2 Å². The van der Waals surface area contributed by atoms with Crippen molar-refractivity contribution in [3.8, 4) is 5.95 Å². The van der Waals surface area contributed by atoms with Gasteiger partial charge in [0.25, 0.3) is 21.9 Å². The van der Waals surface area contributed by atoms with Gasteiger partial charge < -0.3 is 30.1 Å². The molecule has 2 fully saturated rings. The number of aliphatic hydroxyl groups excluding tert-OH is 3. The molecule has 2 unspecified atom stereocenters. The quantitative estimate of drug-likeness (QED) is 0.150. The number of sulfonamides is 1. The van der Waals surface area contributed by atoms with E-state index in [2.05, 4.69) is 30.1 Å². The standard InChI is InChI=1S/C27H30N8O9S/c1-43-26(40)16-8-4-5-9-18(16)45(41,42)33-24(39)14-10-29-35(11-14)27-31-22(30-15-6-2-3-7-15)19-23(32-27)34(13-28-19)25-21(38)20(37)17(12-36)44-25/h4-5,8-11,13,15,17,20-21,25,36-38H,2-3,6-7,12H2,1H3,(H,33,39)(H,30,31,32)/t17-,20?,21?,25-/m1/s1. The number of fused-ring (bicyclic) bond motifs is 1. The van der Waals surface area contributed by atoms with Gasteiger partial charge in [0.15, 0.2) is 23.2 Å². The predicted octanol–water partition coefficient (Wildman–Crippen LogP) is -0.117. The lowest BCUT2D eigenvalue weighted by atomic mass is 10.1. The number of aromatic nitrogens is 6. The third-order valence-electron chi connectivity index (χ3n) is 7.76. The maximum atomic E-state index is 13.0. The van der Waals surface area contributed by atoms with E-state index >= 15 is 0 Å². The lowest BCUT2D eigenvalue weighted by Crippen LogP contribution is -2.33. The largest absolute Gasteiger partial charge is 0.465 e. The summed E-state index contributed by atoms with van der Waals surface area (Å²) in [7, 11) is -3.38. The van der Waals surface area contributed by atoms with Crippen LogP contribution in [0, 0.1) is 0 Å². The van der Waals surface area contributed by atoms with E-state index in [0.29, 0.717) is 11.3 Å². The smallest absolute Gasteiger partial charge is 0.339 e. The number of hydrogen-bond acceptors (Lipinski definition) is 14. The molecule has 238 valence electrons. The highest BCUT2D eigenvalue weighted by molar-refractivity contribution is 7.90. The number of benzene rings is 1. The lowest BCUT2D eigenvalue weighted by Gasteiger charge is -2.18. The number of aliphatic hydroxyl groups is 3. The van der Waals surface area contributed by atoms with Crippen LogP contribution in [-0.2, 0) is 19.5 Å². The van der Waals surface area contributed by atoms with Crippen LogP contribution in [0.4, 0.5) is 5.82 Å². The van der Waals surface area contributed by atoms with E-state index in [9.17, 15) is 33.3 Å². The second kappa shape index (κ2) is 12.1. The van der Waals surface area contributed by atoms with Crippen LogP contribution >= 0.6 is 0 Å². The molecular weight excluding hydrogens is 612 g/mol. The number of nitrogens with one attached hydrogen (secondary N) is 2. The molecule has 4 atom stereocenters. The van der Waals surface area contributed by atoms with E-state index in [0.717, 1.165) is 43.7 Å². The molecule has 0 bridgehead atoms. The van der Waals surface area contributed by atoms with Crippen molar-refractivity contribution in [2.24, 2.45) is 0 Å². The number of ether oxygens (including phenoxy) is 2. The third kappa shape index (κ3) is 5.73. The van der Waals surface area contributed by atoms with Crippen molar-refractivity contribution < 1.29 is 42.8 Å². The summed E-state index contributed by atoms with van der Waals surface area (Å²) in [6.45, 7) is -0.516. The molecule has 3 aromatic heterocycles. The highest BCUT2D eigenvalue weighted by atomic mass is 32.2. The Labute approximate surface area is 255 Å². The Bertz CT molecular complexity index is 1850. The Hall–Kier alpha value is -4.49. The Balaban J connectivity index is 1.33. The molecule has 2 aliphatic rings. The van der Waals surface area contributed by atoms with Gasteiger partial charge in [-0.1, -0.05) is 25.0 Å². The number of rotatable bonds is 9. The van der Waals surface area contributed by atoms with Crippen LogP contribution in [-0.4, -0.2) is 103 Å². The van der Waals surface area contributed by atoms with Crippen LogP contribution in [0.1, 0.15) is 52.6 Å². The number of carbonyl (C=O) groups is 2. The molecule has 18 heteroatoms. The first-order valence-electron chi connectivity index (χ1n) is 14.0. The number of methoxy groups -OCH3 is 1. The average molecular weight is 643 g/mol. The first kappa shape index (κ1) is 30.5. The number of anilines is 1. The molecule has 1 amide bonds. The number of imidazole rings is 1. The summed E-state index contributed by atoms with van der Waals surface area (Å²) in [5.41, 5.74) is 0.161. The predicted molar refractivity (Wildman–Crippen MR) is 154 cm³/mol. The van der Waals surface area contributed by atoms with Gasteiger partial charge in [-0.25, -0.2) is 27.6 Å². The van der Waals surface area contributed by atoms with Gasteiger partial charge in [-0.3, -0.25) is 9.36 Å². The van der Waals surface area contributed by atoms with Gasteiger partial charge >= 0.3 is 5.97 Å². The maximum absolute atomic E-state index is 13.0. The summed E-state index contributed by atoms with van der Waals surface area (Å²) in [4.78, 5) is 38.2. The molecule has 0 spiro atoms. The molecule has 1 aliphatic carbocycles. The first-order chi connectivity index (χ1) is 21.6. The molecule has 4 aromatic rings. The SMILES string of the molecule is COC(=O)c1ccccc1S(=O)(=O)NC(=O)c1cnn(-c2nc(NC3CCCC3)c3ncn([C@@H]4O[C@H](CO)C(O)C4O)c3n2)c1. The first-order valence-corrected chi connectivity index (χ1v) is 15.5. The van der Waals surface area contributed by atoms with Gasteiger partial charge in [-0.05, 0) is 25.0 Å². The highest BCUT2D eigenvalue weighted by Gasteiger charge is 2.44. The Morgan fingerprint density at radius 3 is 2.60 bits per heavy atom. The van der Waals surface area contributed by atoms with Crippen molar-refractivity contribution in [2.75, 3.05) is 19.0 Å². The molecule has 1 saturated carbocycles. The minimum absolute atomic E-state index is 0.0190. The second-order valence-electron chi connectivity index (χ2n) is 10.6. The zero-order chi connectivity index (χ0) is 31.9. The molecule has 17 nitrogen and oxygen atoms in total. The number of nitrogens with zero attached hydrogens (tertiary/aromatic N) is 6. The van der Waals surface area contributed by atoms with E-state index in [1.165, 1.54) is 41.4 Å². The average Bonchev–Trinajstić information content (AvgIpc) is 3.85. The minimum Gasteiger partial charge on any atom is -0.465 e. The van der Waals surface area contributed by atoms with Gasteiger partial charge in [0.05, 0.1) is 37.4 Å². The fourth-order valence-electron chi connectivity index (χ4n) is 5.43. The van der Waals surface area contributed by atoms with Crippen molar-refractivity contribution in [3.05, 3.63) is 54.1 Å². The van der Waals surface area contributed by atoms with Crippen molar-refractivity contribution >= 4 is 38.9 Å². The highest BCUT2D eigenvalue weighted by Crippen LogP contribution is 2.33. The third-order valence-corrected chi connectivity index (χ3v) is 9.14. The van der Waals surface area contributed by atoms with Gasteiger partial charge in [0.2, 0.25) is 0 Å². The maximum Gasteiger partial charge on any atom is 0.339 e. The van der Waals surface area contributed by atoms with Crippen molar-refractivity contribution in [1.29, 1.82) is 0 Å². The molecule has 1 aliphatic heterocycles. The molecular formula is C27H30N8O9S. The van der Waals surface area contributed by atoms with E-state index < -0.39 is 57.9 Å². The summed E-state index contributed by atoms with van der Waals surface area (Å²) in [5.74, 6) is -1.57. The number of amides is 1. The van der Waals surface area contributed by atoms with Crippen LogP contribution in [0.15, 0.2) is 47.9 Å². The topological polar surface area (TPSA) is 233 Å². The zero-order valence-corrected chi connectivity index (χ0v) is 24.7. The Kier molecular flexibility index (Phi) is 8.23. The fraction of sp³-hybridized carbons (Fsp3) is 0.407. The number of hydrogen-bond donors (Lipinski definition) is 5. The zero-order valence-electron chi connectivity index (χ0n) is 23.8. The summed E-state index contributed by atoms with van der Waals surface area (Å²) in [6.07, 6.45) is 2.75. The van der Waals surface area contributed by atoms with E-state index in [1.807, 2.05) is 4.72 Å². The van der Waals surface area contributed by atoms with Crippen molar-refractivity contribution in [1.82, 2.24) is 34.0 Å². The Morgan fingerprint density at radius 1 is 1.13 bits per heavy atom. The Morgan fingerprint density at radius 2 is 1.89 bits per heavy atom. The fourth-order valence-corrected chi connectivity index (χ4v) is 6.60. The number of esters is 1. The normalized spacial score (nSPS) is 22.1. The molecule has 45 heavy (non-hydrogen) atoms. The van der Waals surface area contributed by atoms with Crippen LogP contribution in [0.2, 0.25) is 0 Å². The summed E-state index contributed by atoms with van der Waals surface area (Å²) >= 11 is 0. The number of carbonyl (C=O) groups excluding carboxylic acids is 2. The lowest BCUT2D eigenvalue weighted by molar-refractivity contribution is -0.0511. The van der Waals surface area contributed by atoms with Crippen LogP contribution in [0.3, 0.4) is 0 Å². The molecule has 4 heterocycles. The monoisotopic (exact) mass is 642 g/mol. The van der Waals surface area contributed by atoms with Crippen molar-refractivity contribution in [3.63, 3.8) is 0 Å². The van der Waals surface area contributed by atoms with E-state index in [-0.39, 0.29) is 28.8 Å². The summed E-state index contributed by atoms with van der Waals surface area (Å²) in [5, 5.41) is 38.0. The minimum atomic E-state index is -4.49. The molecule has 0 radical (unpaired) electrons. The van der Waals surface area contributed by atoms with Gasteiger partial charge in [0.1, 0.15) is 23.2 Å². The van der Waals surface area contributed by atoms with Gasteiger partial charge in [-0.15, -0.1) is 0 Å². The van der Waals surface area contributed by atoms with E-state index in [1.54, 1.807) is 0 Å². The molecule has 6 rings (SSSR count). The summed E-state index contributed by atoms with van der Waals surface area (Å²) in [6, 6.07) is 5.41. The van der Waals surface area contributed by atoms with Crippen LogP contribution in [0.5, 0.6) is 0 Å².